The van der Waals surface area contributed by atoms with Crippen LogP contribution >= 0.6 is 0 Å². The SMILES string of the molecule is O=C(Nc1cccc(C(F)(F)F)c1)c1cccc(N2C(=O)CCC2=O)c1. The number of carbonyl (C=O) groups is 3. The topological polar surface area (TPSA) is 66.5 Å². The molecule has 0 atom stereocenters. The highest BCUT2D eigenvalue weighted by Gasteiger charge is 2.31. The van der Waals surface area contributed by atoms with E-state index in [4.69, 9.17) is 0 Å². The van der Waals surface area contributed by atoms with Gasteiger partial charge >= 0.3 is 6.18 Å². The zero-order chi connectivity index (χ0) is 18.9. The lowest BCUT2D eigenvalue weighted by Gasteiger charge is -2.15. The second kappa shape index (κ2) is 6.62. The molecule has 5 nitrogen and oxygen atoms in total. The van der Waals surface area contributed by atoms with Gasteiger partial charge in [-0.25, -0.2) is 0 Å². The monoisotopic (exact) mass is 362 g/mol. The van der Waals surface area contributed by atoms with Gasteiger partial charge in [0.15, 0.2) is 0 Å². The van der Waals surface area contributed by atoms with E-state index in [1.54, 1.807) is 0 Å². The van der Waals surface area contributed by atoms with Crippen LogP contribution in [0.5, 0.6) is 0 Å². The fraction of sp³-hybridized carbons (Fsp3) is 0.167. The fourth-order valence-electron chi connectivity index (χ4n) is 2.63. The molecule has 8 heteroatoms. The first-order valence-corrected chi connectivity index (χ1v) is 7.70. The molecule has 1 aliphatic rings. The Morgan fingerprint density at radius 3 is 2.27 bits per heavy atom. The van der Waals surface area contributed by atoms with Gasteiger partial charge in [0, 0.05) is 24.1 Å². The number of benzene rings is 2. The summed E-state index contributed by atoms with van der Waals surface area (Å²) in [6.45, 7) is 0. The van der Waals surface area contributed by atoms with Crippen LogP contribution in [0.4, 0.5) is 24.5 Å². The van der Waals surface area contributed by atoms with Gasteiger partial charge in [-0.1, -0.05) is 12.1 Å². The van der Waals surface area contributed by atoms with E-state index in [9.17, 15) is 27.6 Å². The molecule has 26 heavy (non-hydrogen) atoms. The molecule has 1 fully saturated rings. The normalized spacial score (nSPS) is 14.7. The second-order valence-electron chi connectivity index (χ2n) is 5.71. The van der Waals surface area contributed by atoms with E-state index < -0.39 is 17.6 Å². The molecule has 0 saturated carbocycles. The third-order valence-electron chi connectivity index (χ3n) is 3.87. The number of amides is 3. The smallest absolute Gasteiger partial charge is 0.322 e. The molecular weight excluding hydrogens is 349 g/mol. The van der Waals surface area contributed by atoms with Crippen LogP contribution in [0.3, 0.4) is 0 Å². The number of alkyl halides is 3. The molecule has 0 unspecified atom stereocenters. The molecule has 0 aliphatic carbocycles. The molecule has 0 aromatic heterocycles. The maximum atomic E-state index is 12.7. The Bertz CT molecular complexity index is 877. The summed E-state index contributed by atoms with van der Waals surface area (Å²) in [5, 5.41) is 2.38. The number of carbonyl (C=O) groups excluding carboxylic acids is 3. The number of imide groups is 1. The Hall–Kier alpha value is -3.16. The van der Waals surface area contributed by atoms with Gasteiger partial charge in [-0.05, 0) is 36.4 Å². The third-order valence-corrected chi connectivity index (χ3v) is 3.87. The summed E-state index contributed by atoms with van der Waals surface area (Å²) in [5.41, 5.74) is -0.512. The molecule has 3 rings (SSSR count). The maximum Gasteiger partial charge on any atom is 0.416 e. The van der Waals surface area contributed by atoms with E-state index in [-0.39, 0.29) is 41.6 Å². The van der Waals surface area contributed by atoms with Crippen LogP contribution in [-0.4, -0.2) is 17.7 Å². The number of anilines is 2. The Balaban J connectivity index is 1.82. The van der Waals surface area contributed by atoms with Crippen LogP contribution in [0.15, 0.2) is 48.5 Å². The summed E-state index contributed by atoms with van der Waals surface area (Å²) in [6.07, 6.45) is -4.30. The predicted octanol–water partition coefficient (Wildman–Crippen LogP) is 3.61. The van der Waals surface area contributed by atoms with E-state index in [1.165, 1.54) is 36.4 Å². The van der Waals surface area contributed by atoms with Gasteiger partial charge in [0.1, 0.15) is 0 Å². The number of rotatable bonds is 3. The Morgan fingerprint density at radius 2 is 1.62 bits per heavy atom. The van der Waals surface area contributed by atoms with Crippen molar-refractivity contribution in [2.75, 3.05) is 10.2 Å². The summed E-state index contributed by atoms with van der Waals surface area (Å²) in [6, 6.07) is 10.1. The highest BCUT2D eigenvalue weighted by atomic mass is 19.4. The van der Waals surface area contributed by atoms with Gasteiger partial charge < -0.3 is 5.32 Å². The number of nitrogens with one attached hydrogen (secondary N) is 1. The molecule has 0 radical (unpaired) electrons. The molecule has 2 aromatic rings. The second-order valence-corrected chi connectivity index (χ2v) is 5.71. The molecule has 0 spiro atoms. The lowest BCUT2D eigenvalue weighted by molar-refractivity contribution is -0.137. The lowest BCUT2D eigenvalue weighted by atomic mass is 10.1. The van der Waals surface area contributed by atoms with Gasteiger partial charge in [0.2, 0.25) is 11.8 Å². The quantitative estimate of drug-likeness (QED) is 0.849. The van der Waals surface area contributed by atoms with Crippen molar-refractivity contribution in [2.45, 2.75) is 19.0 Å². The first-order chi connectivity index (χ1) is 12.3. The van der Waals surface area contributed by atoms with Gasteiger partial charge in [-0.15, -0.1) is 0 Å². The average Bonchev–Trinajstić information content (AvgIpc) is 2.93. The van der Waals surface area contributed by atoms with Crippen LogP contribution in [-0.2, 0) is 15.8 Å². The number of nitrogens with zero attached hydrogens (tertiary/aromatic N) is 1. The minimum absolute atomic E-state index is 0.0106. The summed E-state index contributed by atoms with van der Waals surface area (Å²) < 4.78 is 38.2. The van der Waals surface area contributed by atoms with Gasteiger partial charge in [-0.2, -0.15) is 13.2 Å². The largest absolute Gasteiger partial charge is 0.416 e. The number of hydrogen-bond acceptors (Lipinski definition) is 3. The van der Waals surface area contributed by atoms with E-state index >= 15 is 0 Å². The average molecular weight is 362 g/mol. The molecule has 3 amide bonds. The van der Waals surface area contributed by atoms with Crippen molar-refractivity contribution < 1.29 is 27.6 Å². The maximum absolute atomic E-state index is 12.7. The predicted molar refractivity (Wildman–Crippen MR) is 87.6 cm³/mol. The first-order valence-electron chi connectivity index (χ1n) is 7.70. The van der Waals surface area contributed by atoms with Crippen molar-refractivity contribution in [3.63, 3.8) is 0 Å². The number of hydrogen-bond donors (Lipinski definition) is 1. The van der Waals surface area contributed by atoms with Crippen LogP contribution in [0.25, 0.3) is 0 Å². The molecule has 1 aliphatic heterocycles. The molecule has 134 valence electrons. The zero-order valence-electron chi connectivity index (χ0n) is 13.3. The van der Waals surface area contributed by atoms with Crippen LogP contribution in [0.1, 0.15) is 28.8 Å². The van der Waals surface area contributed by atoms with Crippen molar-refractivity contribution in [2.24, 2.45) is 0 Å². The minimum atomic E-state index is -4.52. The van der Waals surface area contributed by atoms with E-state index in [2.05, 4.69) is 5.32 Å². The molecule has 1 heterocycles. The highest BCUT2D eigenvalue weighted by Crippen LogP contribution is 2.31. The van der Waals surface area contributed by atoms with Crippen molar-refractivity contribution >= 4 is 29.1 Å². The minimum Gasteiger partial charge on any atom is -0.322 e. The van der Waals surface area contributed by atoms with Gasteiger partial charge in [0.25, 0.3) is 5.91 Å². The Morgan fingerprint density at radius 1 is 0.962 bits per heavy atom. The molecule has 0 bridgehead atoms. The zero-order valence-corrected chi connectivity index (χ0v) is 13.3. The van der Waals surface area contributed by atoms with Crippen molar-refractivity contribution in [1.29, 1.82) is 0 Å². The molecule has 1 saturated heterocycles. The van der Waals surface area contributed by atoms with Crippen LogP contribution in [0.2, 0.25) is 0 Å². The summed E-state index contributed by atoms with van der Waals surface area (Å²) in [7, 11) is 0. The van der Waals surface area contributed by atoms with Crippen molar-refractivity contribution in [3.05, 3.63) is 59.7 Å². The molecular formula is C18H13F3N2O3. The van der Waals surface area contributed by atoms with Crippen LogP contribution in [0, 0.1) is 0 Å². The van der Waals surface area contributed by atoms with E-state index in [0.717, 1.165) is 17.0 Å². The highest BCUT2D eigenvalue weighted by molar-refractivity contribution is 6.20. The van der Waals surface area contributed by atoms with Crippen LogP contribution < -0.4 is 10.2 Å². The van der Waals surface area contributed by atoms with E-state index in [1.807, 2.05) is 0 Å². The molecule has 2 aromatic carbocycles. The Kier molecular flexibility index (Phi) is 4.50. The Labute approximate surface area is 146 Å². The first kappa shape index (κ1) is 17.7. The van der Waals surface area contributed by atoms with E-state index in [0.29, 0.717) is 0 Å². The summed E-state index contributed by atoms with van der Waals surface area (Å²) >= 11 is 0. The summed E-state index contributed by atoms with van der Waals surface area (Å²) in [5.74, 6) is -1.36. The summed E-state index contributed by atoms with van der Waals surface area (Å²) in [4.78, 5) is 36.9. The van der Waals surface area contributed by atoms with Crippen molar-refractivity contribution in [1.82, 2.24) is 0 Å². The number of halogens is 3. The van der Waals surface area contributed by atoms with Gasteiger partial charge in [-0.3, -0.25) is 19.3 Å². The van der Waals surface area contributed by atoms with Gasteiger partial charge in [0.05, 0.1) is 11.3 Å². The standard InChI is InChI=1S/C18H13F3N2O3/c19-18(20,21)12-4-2-5-13(10-12)22-17(26)11-3-1-6-14(9-11)23-15(24)7-8-16(23)25/h1-6,9-10H,7-8H2,(H,22,26). The molecule has 1 N–H and O–H groups in total. The third kappa shape index (κ3) is 3.58. The fourth-order valence-corrected chi connectivity index (χ4v) is 2.63. The van der Waals surface area contributed by atoms with Crippen molar-refractivity contribution in [3.8, 4) is 0 Å². The lowest BCUT2D eigenvalue weighted by Crippen LogP contribution is -2.28.